The minimum Gasteiger partial charge on any atom is -0.395 e. The van der Waals surface area contributed by atoms with Crippen LogP contribution in [0.15, 0.2) is 46.5 Å². The maximum Gasteiger partial charge on any atom is 0.233 e. The molecule has 7 heteroatoms. The van der Waals surface area contributed by atoms with E-state index in [2.05, 4.69) is 30.0 Å². The molecule has 6 nitrogen and oxygen atoms in total. The Hall–Kier alpha value is -2.25. The Kier molecular flexibility index (Phi) is 5.70. The normalized spacial score (nSPS) is 22.2. The largest absolute Gasteiger partial charge is 0.395 e. The highest BCUT2D eigenvalue weighted by atomic mass is 28.3. The van der Waals surface area contributed by atoms with Crippen LogP contribution in [0.1, 0.15) is 44.6 Å². The summed E-state index contributed by atoms with van der Waals surface area (Å²) < 4.78 is 0. The number of benzene rings is 1. The van der Waals surface area contributed by atoms with Gasteiger partial charge in [-0.1, -0.05) is 56.4 Å². The highest BCUT2D eigenvalue weighted by Gasteiger charge is 2.54. The van der Waals surface area contributed by atoms with Crippen LogP contribution < -0.4 is 5.32 Å². The fraction of sp³-hybridized carbons (Fsp3) is 0.560. The quantitative estimate of drug-likeness (QED) is 0.670. The van der Waals surface area contributed by atoms with Crippen LogP contribution in [0.3, 0.4) is 0 Å². The highest BCUT2D eigenvalue weighted by Crippen LogP contribution is 2.55. The predicted molar refractivity (Wildman–Crippen MR) is 129 cm³/mol. The predicted octanol–water partition coefficient (Wildman–Crippen LogP) is 3.47. The molecular weight excluding hydrogens is 418 g/mol. The molecule has 1 saturated carbocycles. The summed E-state index contributed by atoms with van der Waals surface area (Å²) in [5.74, 6) is 0.0469. The third kappa shape index (κ3) is 3.46. The van der Waals surface area contributed by atoms with Crippen molar-refractivity contribution in [3.63, 3.8) is 0 Å². The molecule has 0 spiro atoms. The van der Waals surface area contributed by atoms with E-state index in [-0.39, 0.29) is 23.5 Å². The van der Waals surface area contributed by atoms with Crippen LogP contribution in [0.2, 0.25) is 24.7 Å². The number of aliphatic hydroxyl groups is 1. The van der Waals surface area contributed by atoms with Crippen LogP contribution in [0.5, 0.6) is 0 Å². The van der Waals surface area contributed by atoms with Crippen molar-refractivity contribution in [2.75, 3.05) is 19.7 Å². The monoisotopic (exact) mass is 453 g/mol. The summed E-state index contributed by atoms with van der Waals surface area (Å²) in [5.41, 5.74) is 2.34. The maximum atomic E-state index is 13.5. The number of amidine groups is 1. The molecule has 2 aliphatic heterocycles. The van der Waals surface area contributed by atoms with Gasteiger partial charge in [-0.15, -0.1) is 0 Å². The summed E-state index contributed by atoms with van der Waals surface area (Å²) in [7, 11) is -1.69. The first-order chi connectivity index (χ1) is 15.0. The number of aliphatic imine (C=N–C) groups is 1. The lowest BCUT2D eigenvalue weighted by atomic mass is 9.83. The number of carbonyl (C=O) groups is 2. The van der Waals surface area contributed by atoms with Gasteiger partial charge in [-0.3, -0.25) is 14.6 Å². The van der Waals surface area contributed by atoms with E-state index in [1.54, 1.807) is 0 Å². The van der Waals surface area contributed by atoms with Crippen LogP contribution in [-0.4, -0.2) is 61.0 Å². The Bertz CT molecular complexity index is 987. The van der Waals surface area contributed by atoms with Crippen molar-refractivity contribution < 1.29 is 14.7 Å². The first-order valence-corrected chi connectivity index (χ1v) is 15.1. The third-order valence-electron chi connectivity index (χ3n) is 8.03. The van der Waals surface area contributed by atoms with Gasteiger partial charge in [0.1, 0.15) is 5.84 Å². The molecule has 0 aromatic heterocycles. The molecule has 0 saturated heterocycles. The molecule has 2 heterocycles. The molecule has 0 bridgehead atoms. The van der Waals surface area contributed by atoms with E-state index in [4.69, 9.17) is 0 Å². The van der Waals surface area contributed by atoms with Gasteiger partial charge in [0.2, 0.25) is 11.8 Å². The summed E-state index contributed by atoms with van der Waals surface area (Å²) in [5, 5.41) is 13.0. The Morgan fingerprint density at radius 1 is 1.19 bits per heavy atom. The van der Waals surface area contributed by atoms with Gasteiger partial charge in [0, 0.05) is 10.6 Å². The molecule has 172 valence electrons. The minimum absolute atomic E-state index is 0.0960. The van der Waals surface area contributed by atoms with Crippen LogP contribution in [0.4, 0.5) is 0 Å². The van der Waals surface area contributed by atoms with E-state index in [1.807, 2.05) is 49.1 Å². The van der Waals surface area contributed by atoms with Gasteiger partial charge in [-0.25, -0.2) is 0 Å². The lowest BCUT2D eigenvalue weighted by Crippen LogP contribution is -2.55. The second-order valence-electron chi connectivity index (χ2n) is 10.9. The molecular formula is C25H35N3O3Si. The van der Waals surface area contributed by atoms with E-state index in [0.29, 0.717) is 18.9 Å². The Labute approximate surface area is 191 Å². The summed E-state index contributed by atoms with van der Waals surface area (Å²) in [6.07, 6.45) is 3.02. The lowest BCUT2D eigenvalue weighted by Gasteiger charge is -2.49. The van der Waals surface area contributed by atoms with Gasteiger partial charge in [0.05, 0.1) is 39.2 Å². The zero-order chi connectivity index (χ0) is 23.3. The van der Waals surface area contributed by atoms with E-state index in [0.717, 1.165) is 36.0 Å². The van der Waals surface area contributed by atoms with E-state index in [9.17, 15) is 14.7 Å². The molecule has 2 amide bonds. The molecule has 32 heavy (non-hydrogen) atoms. The maximum absolute atomic E-state index is 13.5. The summed E-state index contributed by atoms with van der Waals surface area (Å²) in [6, 6.07) is 9.43. The molecule has 4 rings (SSSR count). The Balaban J connectivity index is 1.54. The molecule has 1 aromatic rings. The average Bonchev–Trinajstić information content (AvgIpc) is 3.19. The number of nitrogens with zero attached hydrogens (tertiary/aromatic N) is 2. The molecule has 1 fully saturated rings. The van der Waals surface area contributed by atoms with E-state index in [1.165, 1.54) is 0 Å². The molecule has 1 aromatic carbocycles. The third-order valence-corrected chi connectivity index (χ3v) is 11.6. The smallest absolute Gasteiger partial charge is 0.233 e. The van der Waals surface area contributed by atoms with Gasteiger partial charge < -0.3 is 15.3 Å². The van der Waals surface area contributed by atoms with Gasteiger partial charge in [0.15, 0.2) is 0 Å². The first-order valence-electron chi connectivity index (χ1n) is 11.6. The SMILES string of the molecule is CC1(C)C2=C(CN1C(=O)[C@H](CO)c1ccccc1)C(NC(=O)C1([Si](C)(C)C)CCC1)=NC2. The van der Waals surface area contributed by atoms with Crippen molar-refractivity contribution in [3.05, 3.63) is 47.0 Å². The van der Waals surface area contributed by atoms with Gasteiger partial charge in [-0.05, 0) is 37.8 Å². The van der Waals surface area contributed by atoms with Crippen LogP contribution >= 0.6 is 0 Å². The fourth-order valence-corrected chi connectivity index (χ4v) is 8.08. The molecule has 1 atom stereocenters. The van der Waals surface area contributed by atoms with Gasteiger partial charge >= 0.3 is 0 Å². The zero-order valence-corrected chi connectivity index (χ0v) is 20.9. The van der Waals surface area contributed by atoms with E-state index >= 15 is 0 Å². The molecule has 2 N–H and O–H groups in total. The minimum atomic E-state index is -1.69. The van der Waals surface area contributed by atoms with E-state index < -0.39 is 19.5 Å². The molecule has 0 radical (unpaired) electrons. The topological polar surface area (TPSA) is 82.0 Å². The highest BCUT2D eigenvalue weighted by molar-refractivity contribution is 6.82. The van der Waals surface area contributed by atoms with Crippen molar-refractivity contribution >= 4 is 25.7 Å². The van der Waals surface area contributed by atoms with Crippen LogP contribution in [0.25, 0.3) is 0 Å². The summed E-state index contributed by atoms with van der Waals surface area (Å²) in [4.78, 5) is 33.4. The molecule has 1 aliphatic carbocycles. The Morgan fingerprint density at radius 2 is 1.84 bits per heavy atom. The number of carbonyl (C=O) groups excluding carboxylic acids is 2. The number of rotatable bonds is 5. The van der Waals surface area contributed by atoms with Crippen LogP contribution in [-0.2, 0) is 9.59 Å². The van der Waals surface area contributed by atoms with Gasteiger partial charge in [-0.2, -0.15) is 0 Å². The molecule has 3 aliphatic rings. The van der Waals surface area contributed by atoms with Crippen molar-refractivity contribution in [2.45, 2.75) is 69.2 Å². The summed E-state index contributed by atoms with van der Waals surface area (Å²) >= 11 is 0. The second kappa shape index (κ2) is 7.95. The van der Waals surface area contributed by atoms with Crippen molar-refractivity contribution in [3.8, 4) is 0 Å². The second-order valence-corrected chi connectivity index (χ2v) is 16.3. The first kappa shape index (κ1) is 22.9. The number of hydrogen-bond acceptors (Lipinski definition) is 4. The van der Waals surface area contributed by atoms with Crippen molar-refractivity contribution in [2.24, 2.45) is 4.99 Å². The molecule has 0 unspecified atom stereocenters. The lowest BCUT2D eigenvalue weighted by molar-refractivity contribution is -0.136. The van der Waals surface area contributed by atoms with Gasteiger partial charge in [0.25, 0.3) is 0 Å². The van der Waals surface area contributed by atoms with Crippen molar-refractivity contribution in [1.82, 2.24) is 10.2 Å². The Morgan fingerprint density at radius 3 is 2.38 bits per heavy atom. The zero-order valence-electron chi connectivity index (χ0n) is 19.9. The number of hydrogen-bond donors (Lipinski definition) is 2. The van der Waals surface area contributed by atoms with Crippen LogP contribution in [0, 0.1) is 0 Å². The standard InChI is InChI=1S/C25H35N3O3Si/c1-24(2)20-14-26-21(27-23(31)25(12-9-13-25)32(3,4)5)18(20)15-28(24)22(30)19(16-29)17-10-7-6-8-11-17/h6-8,10-11,19,29H,9,12-16H2,1-5H3,(H,26,27,31)/t19-/m1/s1. The number of aliphatic hydroxyl groups excluding tert-OH is 1. The summed E-state index contributed by atoms with van der Waals surface area (Å²) in [6.45, 7) is 11.5. The average molecular weight is 454 g/mol. The number of amides is 2. The number of nitrogens with one attached hydrogen (secondary N) is 1. The fourth-order valence-electron chi connectivity index (χ4n) is 5.49. The van der Waals surface area contributed by atoms with Crippen molar-refractivity contribution in [1.29, 1.82) is 0 Å².